The van der Waals surface area contributed by atoms with Gasteiger partial charge in [0.25, 0.3) is 0 Å². The van der Waals surface area contributed by atoms with Crippen molar-refractivity contribution >= 4 is 23.6 Å². The number of rotatable bonds is 8. The van der Waals surface area contributed by atoms with E-state index in [4.69, 9.17) is 7.15 Å². The molecule has 2 saturated heterocycles. The molecule has 4 amide bonds. The summed E-state index contributed by atoms with van der Waals surface area (Å²) in [7, 11) is 0. The molecule has 0 aliphatic carbocycles. The van der Waals surface area contributed by atoms with Crippen molar-refractivity contribution in [3.63, 3.8) is 0 Å². The molecule has 164 valence electrons. The predicted molar refractivity (Wildman–Crippen MR) is 102 cm³/mol. The lowest BCUT2D eigenvalue weighted by Crippen LogP contribution is -2.55. The van der Waals surface area contributed by atoms with Crippen molar-refractivity contribution in [2.75, 3.05) is 19.6 Å². The molecule has 29 heavy (non-hydrogen) atoms. The van der Waals surface area contributed by atoms with Crippen molar-refractivity contribution in [2.45, 2.75) is 63.4 Å². The number of nitrogens with zero attached hydrogens (tertiary/aromatic N) is 2. The largest absolute Gasteiger partial charge is 0.391 e. The molecule has 0 aromatic carbocycles. The van der Waals surface area contributed by atoms with Crippen LogP contribution in [0.4, 0.5) is 0 Å². The molecule has 2 aliphatic rings. The normalized spacial score (nSPS) is 26.4. The first-order chi connectivity index (χ1) is 14.1. The van der Waals surface area contributed by atoms with Crippen LogP contribution in [0.2, 0.25) is 1.41 Å². The lowest BCUT2D eigenvalue weighted by Gasteiger charge is -2.30. The minimum atomic E-state index is -1.21. The molecule has 2 rings (SSSR count). The highest BCUT2D eigenvalue weighted by atomic mass is 16.3. The maximum absolute atomic E-state index is 13.0. The Morgan fingerprint density at radius 3 is 2.38 bits per heavy atom. The van der Waals surface area contributed by atoms with E-state index in [0.29, 0.717) is 32.4 Å². The molecule has 11 heteroatoms. The lowest BCUT2D eigenvalue weighted by atomic mass is 10.1. The topological polar surface area (TPSA) is 179 Å². The first kappa shape index (κ1) is 21.5. The highest BCUT2D eigenvalue weighted by Gasteiger charge is 2.42. The zero-order valence-corrected chi connectivity index (χ0v) is 16.7. The fraction of sp³-hybridized carbons (Fsp3) is 0.778. The molecular weight excluding hydrogens is 382 g/mol. The average molecular weight is 414 g/mol. The van der Waals surface area contributed by atoms with Crippen LogP contribution in [0.5, 0.6) is 0 Å². The maximum Gasteiger partial charge on any atom is 0.245 e. The van der Waals surface area contributed by atoms with Crippen LogP contribution in [0.15, 0.2) is 0 Å². The summed E-state index contributed by atoms with van der Waals surface area (Å²) in [5, 5.41) is 21.7. The van der Waals surface area contributed by atoms with E-state index < -0.39 is 54.0 Å². The monoisotopic (exact) mass is 414 g/mol. The number of primary amides is 1. The summed E-state index contributed by atoms with van der Waals surface area (Å²) >= 11 is 0. The fourth-order valence-electron chi connectivity index (χ4n) is 3.76. The van der Waals surface area contributed by atoms with E-state index in [2.05, 4.69) is 5.32 Å². The summed E-state index contributed by atoms with van der Waals surface area (Å²) in [5.74, 6) is -2.67. The Bertz CT molecular complexity index is 675. The Morgan fingerprint density at radius 1 is 1.14 bits per heavy atom. The third kappa shape index (κ3) is 5.22. The summed E-state index contributed by atoms with van der Waals surface area (Å²) in [6.45, 7) is 3.55. The van der Waals surface area contributed by atoms with Crippen LogP contribution < -0.4 is 16.8 Å². The molecule has 7 N–H and O–H groups in total. The maximum atomic E-state index is 13.0. The van der Waals surface area contributed by atoms with Crippen molar-refractivity contribution in [3.8, 4) is 0 Å². The summed E-state index contributed by atoms with van der Waals surface area (Å²) in [4.78, 5) is 52.4. The smallest absolute Gasteiger partial charge is 0.245 e. The quantitative estimate of drug-likeness (QED) is 0.279. The molecule has 0 bridgehead atoms. The number of aliphatic hydroxyl groups is 2. The molecule has 0 aromatic rings. The lowest BCUT2D eigenvalue weighted by molar-refractivity contribution is -0.145. The number of carbonyl (C=O) groups excluding carboxylic acids is 4. The van der Waals surface area contributed by atoms with Gasteiger partial charge in [0.15, 0.2) is 0 Å². The van der Waals surface area contributed by atoms with Gasteiger partial charge in [-0.05, 0) is 33.1 Å². The van der Waals surface area contributed by atoms with E-state index in [0.717, 1.165) is 0 Å². The number of aliphatic hydroxyl groups excluding tert-OH is 2. The van der Waals surface area contributed by atoms with Gasteiger partial charge in [-0.25, -0.2) is 0 Å². The van der Waals surface area contributed by atoms with Gasteiger partial charge in [-0.1, -0.05) is 0 Å². The van der Waals surface area contributed by atoms with E-state index in [1.807, 2.05) is 5.73 Å². The van der Waals surface area contributed by atoms with Crippen LogP contribution in [0.25, 0.3) is 0 Å². The van der Waals surface area contributed by atoms with Crippen molar-refractivity contribution in [1.82, 2.24) is 15.1 Å². The third-order valence-corrected chi connectivity index (χ3v) is 5.53. The minimum Gasteiger partial charge on any atom is -0.391 e. The number of nitrogens with two attached hydrogens (primary N) is 2. The zero-order valence-electron chi connectivity index (χ0n) is 17.7. The number of nitrogens with one attached hydrogen (secondary N) is 1. The van der Waals surface area contributed by atoms with Gasteiger partial charge in [-0.3, -0.25) is 19.2 Å². The molecule has 0 radical (unpaired) electrons. The first-order valence-corrected chi connectivity index (χ1v) is 9.80. The van der Waals surface area contributed by atoms with Gasteiger partial charge in [0.1, 0.15) is 19.5 Å². The Labute approximate surface area is 170 Å². The Hall–Kier alpha value is -2.24. The van der Waals surface area contributed by atoms with Gasteiger partial charge in [-0.2, -0.15) is 0 Å². The highest BCUT2D eigenvalue weighted by Crippen LogP contribution is 2.24. The first-order valence-electron chi connectivity index (χ1n) is 10.3. The number of hydrogen-bond donors (Lipinski definition) is 5. The van der Waals surface area contributed by atoms with Crippen molar-refractivity contribution in [2.24, 2.45) is 17.4 Å². The molecule has 0 unspecified atom stereocenters. The SMILES string of the molecule is [2H]N[C@H](C(=O)N1CCC[C@H]1C(=O)N1CC[C@H](C(=O)N[C@H](C(N)=O)[C@@H](C)O)C1)[C@@H](C)O. The van der Waals surface area contributed by atoms with Crippen LogP contribution in [-0.2, 0) is 19.2 Å². The molecule has 2 heterocycles. The van der Waals surface area contributed by atoms with Crippen molar-refractivity contribution < 1.29 is 30.8 Å². The number of amides is 4. The van der Waals surface area contributed by atoms with Gasteiger partial charge in [0, 0.05) is 19.6 Å². The Balaban J connectivity index is 2.00. The van der Waals surface area contributed by atoms with E-state index in [1.54, 1.807) is 0 Å². The molecule has 0 saturated carbocycles. The van der Waals surface area contributed by atoms with Crippen LogP contribution >= 0.6 is 0 Å². The van der Waals surface area contributed by atoms with Gasteiger partial charge >= 0.3 is 0 Å². The van der Waals surface area contributed by atoms with Crippen LogP contribution in [0, 0.1) is 5.92 Å². The van der Waals surface area contributed by atoms with Gasteiger partial charge in [0.05, 0.1) is 18.1 Å². The molecule has 0 aromatic heterocycles. The Kier molecular flexibility index (Phi) is 7.04. The van der Waals surface area contributed by atoms with Crippen LogP contribution in [0.3, 0.4) is 0 Å². The second kappa shape index (κ2) is 9.51. The number of hydrogen-bond acceptors (Lipinski definition) is 7. The van der Waals surface area contributed by atoms with Crippen molar-refractivity contribution in [3.05, 3.63) is 0 Å². The second-order valence-corrected chi connectivity index (χ2v) is 7.81. The van der Waals surface area contributed by atoms with Gasteiger partial charge in [-0.15, -0.1) is 0 Å². The zero-order chi connectivity index (χ0) is 22.6. The van der Waals surface area contributed by atoms with Crippen molar-refractivity contribution in [1.29, 1.82) is 0 Å². The van der Waals surface area contributed by atoms with E-state index in [-0.39, 0.29) is 12.5 Å². The Morgan fingerprint density at radius 2 is 1.83 bits per heavy atom. The predicted octanol–water partition coefficient (Wildman–Crippen LogP) is -3.12. The molecular formula is C18H31N5O6. The van der Waals surface area contributed by atoms with Crippen LogP contribution in [0.1, 0.15) is 33.1 Å². The summed E-state index contributed by atoms with van der Waals surface area (Å²) in [6.07, 6.45) is -0.754. The fourth-order valence-corrected chi connectivity index (χ4v) is 3.76. The van der Waals surface area contributed by atoms with E-state index in [1.165, 1.54) is 23.6 Å². The second-order valence-electron chi connectivity index (χ2n) is 7.81. The third-order valence-electron chi connectivity index (χ3n) is 5.53. The standard InChI is InChI=1S/C18H31N5O6/c1-9(24)13(19)18(29)23-6-3-4-12(23)17(28)22-7-5-11(8-22)16(27)21-14(10(2)25)15(20)26/h9-14,24-25H,3-8,19H2,1-2H3,(H2,20,26)(H,21,27)/t9-,10-,11+,12+,13+,14+/m1/s1/i/hD. The molecule has 6 atom stereocenters. The minimum absolute atomic E-state index is 0.130. The van der Waals surface area contributed by atoms with Crippen LogP contribution in [-0.4, -0.2) is 93.6 Å². The van der Waals surface area contributed by atoms with Gasteiger partial charge < -0.3 is 36.8 Å². The molecule has 2 fully saturated rings. The van der Waals surface area contributed by atoms with E-state index >= 15 is 0 Å². The summed E-state index contributed by atoms with van der Waals surface area (Å²) in [5.41, 5.74) is 7.23. The highest BCUT2D eigenvalue weighted by molar-refractivity contribution is 5.92. The van der Waals surface area contributed by atoms with E-state index in [9.17, 15) is 29.4 Å². The molecule has 0 spiro atoms. The molecule has 2 aliphatic heterocycles. The number of likely N-dealkylation sites (tertiary alicyclic amines) is 2. The molecule has 11 nitrogen and oxygen atoms in total. The van der Waals surface area contributed by atoms with Gasteiger partial charge in [0.2, 0.25) is 23.6 Å². The summed E-state index contributed by atoms with van der Waals surface area (Å²) in [6, 6.07) is -3.04. The number of carbonyl (C=O) groups is 4. The summed E-state index contributed by atoms with van der Waals surface area (Å²) < 4.78 is 7.27. The average Bonchev–Trinajstić information content (AvgIpc) is 3.34.